The molecule has 0 saturated heterocycles. The van der Waals surface area contributed by atoms with Crippen molar-refractivity contribution >= 4 is 17.4 Å². The number of thioether (sulfide) groups is 1. The van der Waals surface area contributed by atoms with E-state index in [9.17, 15) is 0 Å². The summed E-state index contributed by atoms with van der Waals surface area (Å²) in [7, 11) is 0. The van der Waals surface area contributed by atoms with Crippen LogP contribution in [0, 0.1) is 0 Å². The van der Waals surface area contributed by atoms with Crippen LogP contribution >= 0.6 is 11.8 Å². The van der Waals surface area contributed by atoms with Crippen LogP contribution in [0.15, 0.2) is 65.6 Å². The van der Waals surface area contributed by atoms with Crippen molar-refractivity contribution in [3.63, 3.8) is 0 Å². The number of hydrogen-bond acceptors (Lipinski definition) is 4. The normalized spacial score (nSPS) is 12.9. The largest absolute Gasteiger partial charge is 0.192 e. The minimum Gasteiger partial charge on any atom is -0.192 e. The molecule has 0 amide bonds. The first-order valence-electron chi connectivity index (χ1n) is 7.43. The summed E-state index contributed by atoms with van der Waals surface area (Å²) in [6, 6.07) is 20.6. The van der Waals surface area contributed by atoms with Gasteiger partial charge in [0.25, 0.3) is 0 Å². The molecule has 110 valence electrons. The van der Waals surface area contributed by atoms with E-state index >= 15 is 0 Å². The average molecular weight is 316 g/mol. The minimum atomic E-state index is 0.777. The molecule has 0 atom stereocenters. The molecule has 5 rings (SSSR count). The first-order valence-corrected chi connectivity index (χ1v) is 8.42. The van der Waals surface area contributed by atoms with E-state index < -0.39 is 0 Å². The summed E-state index contributed by atoms with van der Waals surface area (Å²) in [6.45, 7) is 0. The fourth-order valence-electron chi connectivity index (χ4n) is 2.92. The van der Waals surface area contributed by atoms with Gasteiger partial charge in [0, 0.05) is 21.8 Å². The number of aromatic nitrogens is 4. The van der Waals surface area contributed by atoms with Gasteiger partial charge in [-0.1, -0.05) is 48.5 Å². The second-order valence-corrected chi connectivity index (χ2v) is 6.48. The third kappa shape index (κ3) is 1.97. The molecule has 0 bridgehead atoms. The third-order valence-corrected chi connectivity index (χ3v) is 5.15. The smallest absolute Gasteiger partial charge is 0.185 e. The molecule has 5 heteroatoms. The molecule has 0 unspecified atom stereocenters. The van der Waals surface area contributed by atoms with Crippen LogP contribution in [0.25, 0.3) is 28.3 Å². The van der Waals surface area contributed by atoms with Gasteiger partial charge in [0.1, 0.15) is 0 Å². The number of fused-ring (bicyclic) bond motifs is 4. The Labute approximate surface area is 137 Å². The van der Waals surface area contributed by atoms with Crippen molar-refractivity contribution in [1.82, 2.24) is 19.8 Å². The Hall–Kier alpha value is -2.66. The zero-order valence-electron chi connectivity index (χ0n) is 12.2. The van der Waals surface area contributed by atoms with Crippen molar-refractivity contribution in [2.75, 3.05) is 0 Å². The first kappa shape index (κ1) is 12.8. The summed E-state index contributed by atoms with van der Waals surface area (Å²) >= 11 is 1.85. The Balaban J connectivity index is 1.78. The predicted octanol–water partition coefficient (Wildman–Crippen LogP) is 4.06. The zero-order valence-corrected chi connectivity index (χ0v) is 13.0. The highest BCUT2D eigenvalue weighted by Gasteiger charge is 2.20. The summed E-state index contributed by atoms with van der Waals surface area (Å²) in [5, 5.41) is 13.5. The SMILES string of the molecule is c1ccc(-c2nnc3cc4c(nn23)-c2ccccc2SC4)cc1. The number of rotatable bonds is 1. The van der Waals surface area contributed by atoms with Gasteiger partial charge >= 0.3 is 0 Å². The lowest BCUT2D eigenvalue weighted by Gasteiger charge is -2.18. The molecular weight excluding hydrogens is 304 g/mol. The standard InChI is InChI=1S/C18H12N4S/c1-2-6-12(7-3-1)18-20-19-16-10-13-11-23-15-9-5-4-8-14(15)17(13)21-22(16)18/h1-10H,11H2. The minimum absolute atomic E-state index is 0.777. The van der Waals surface area contributed by atoms with Gasteiger partial charge in [0.2, 0.25) is 0 Å². The second kappa shape index (κ2) is 4.93. The molecule has 4 aromatic rings. The summed E-state index contributed by atoms with van der Waals surface area (Å²) in [6.07, 6.45) is 0. The topological polar surface area (TPSA) is 43.1 Å². The highest BCUT2D eigenvalue weighted by atomic mass is 32.2. The van der Waals surface area contributed by atoms with Crippen LogP contribution < -0.4 is 0 Å². The van der Waals surface area contributed by atoms with Crippen molar-refractivity contribution in [3.05, 3.63) is 66.2 Å². The van der Waals surface area contributed by atoms with Crippen LogP contribution in [0.1, 0.15) is 5.56 Å². The zero-order chi connectivity index (χ0) is 15.2. The third-order valence-electron chi connectivity index (χ3n) is 4.03. The number of nitrogens with zero attached hydrogens (tertiary/aromatic N) is 4. The summed E-state index contributed by atoms with van der Waals surface area (Å²) in [5.74, 6) is 1.70. The Morgan fingerprint density at radius 3 is 2.65 bits per heavy atom. The average Bonchev–Trinajstić information content (AvgIpc) is 3.03. The van der Waals surface area contributed by atoms with E-state index in [4.69, 9.17) is 5.10 Å². The van der Waals surface area contributed by atoms with E-state index in [0.29, 0.717) is 0 Å². The maximum atomic E-state index is 4.87. The Kier molecular flexibility index (Phi) is 2.75. The van der Waals surface area contributed by atoms with E-state index in [1.165, 1.54) is 16.0 Å². The van der Waals surface area contributed by atoms with Gasteiger partial charge < -0.3 is 0 Å². The highest BCUT2D eigenvalue weighted by Crippen LogP contribution is 2.40. The highest BCUT2D eigenvalue weighted by molar-refractivity contribution is 7.98. The van der Waals surface area contributed by atoms with E-state index in [1.54, 1.807) is 0 Å². The van der Waals surface area contributed by atoms with Crippen molar-refractivity contribution in [1.29, 1.82) is 0 Å². The molecule has 4 nitrogen and oxygen atoms in total. The van der Waals surface area contributed by atoms with Gasteiger partial charge in [-0.2, -0.15) is 9.61 Å². The van der Waals surface area contributed by atoms with Crippen LogP contribution in [0.2, 0.25) is 0 Å². The van der Waals surface area contributed by atoms with Gasteiger partial charge in [-0.05, 0) is 17.7 Å². The van der Waals surface area contributed by atoms with Gasteiger partial charge in [-0.3, -0.25) is 0 Å². The van der Waals surface area contributed by atoms with E-state index in [2.05, 4.69) is 40.5 Å². The molecule has 3 heterocycles. The Bertz CT molecular complexity index is 1020. The van der Waals surface area contributed by atoms with Crippen molar-refractivity contribution < 1.29 is 0 Å². The van der Waals surface area contributed by atoms with Gasteiger partial charge in [0.05, 0.1) is 5.69 Å². The lowest BCUT2D eigenvalue weighted by molar-refractivity contribution is 0.928. The molecule has 1 aliphatic rings. The Morgan fingerprint density at radius 2 is 1.74 bits per heavy atom. The molecule has 0 saturated carbocycles. The van der Waals surface area contributed by atoms with Gasteiger partial charge in [-0.25, -0.2) is 0 Å². The lowest BCUT2D eigenvalue weighted by atomic mass is 10.1. The fraction of sp³-hybridized carbons (Fsp3) is 0.0556. The molecule has 1 aliphatic heterocycles. The fourth-order valence-corrected chi connectivity index (χ4v) is 3.94. The van der Waals surface area contributed by atoms with Gasteiger partial charge in [-0.15, -0.1) is 22.0 Å². The van der Waals surface area contributed by atoms with Crippen molar-refractivity contribution in [2.24, 2.45) is 0 Å². The molecule has 0 aliphatic carbocycles. The molecule has 23 heavy (non-hydrogen) atoms. The van der Waals surface area contributed by atoms with Crippen LogP contribution in [-0.2, 0) is 5.75 Å². The molecule has 2 aromatic heterocycles. The first-order chi connectivity index (χ1) is 11.4. The maximum absolute atomic E-state index is 4.87. The molecule has 0 N–H and O–H groups in total. The molecular formula is C18H12N4S. The van der Waals surface area contributed by atoms with E-state index in [0.717, 1.165) is 28.5 Å². The molecule has 0 fully saturated rings. The van der Waals surface area contributed by atoms with Crippen LogP contribution in [0.3, 0.4) is 0 Å². The summed E-state index contributed by atoms with van der Waals surface area (Å²) in [4.78, 5) is 1.28. The number of hydrogen-bond donors (Lipinski definition) is 0. The monoisotopic (exact) mass is 316 g/mol. The molecule has 0 spiro atoms. The van der Waals surface area contributed by atoms with Crippen molar-refractivity contribution in [2.45, 2.75) is 10.6 Å². The van der Waals surface area contributed by atoms with Crippen LogP contribution in [0.4, 0.5) is 0 Å². The van der Waals surface area contributed by atoms with E-state index in [1.807, 2.05) is 46.6 Å². The van der Waals surface area contributed by atoms with Gasteiger partial charge in [0.15, 0.2) is 11.5 Å². The predicted molar refractivity (Wildman–Crippen MR) is 91.2 cm³/mol. The van der Waals surface area contributed by atoms with E-state index in [-0.39, 0.29) is 0 Å². The Morgan fingerprint density at radius 1 is 0.913 bits per heavy atom. The second-order valence-electron chi connectivity index (χ2n) is 5.46. The summed E-state index contributed by atoms with van der Waals surface area (Å²) < 4.78 is 1.85. The van der Waals surface area contributed by atoms with Crippen LogP contribution in [0.5, 0.6) is 0 Å². The molecule has 2 aromatic carbocycles. The maximum Gasteiger partial charge on any atom is 0.185 e. The summed E-state index contributed by atoms with van der Waals surface area (Å²) in [5.41, 5.74) is 5.25. The van der Waals surface area contributed by atoms with Crippen molar-refractivity contribution in [3.8, 4) is 22.6 Å². The lowest BCUT2D eigenvalue weighted by Crippen LogP contribution is -2.04. The quantitative estimate of drug-likeness (QED) is 0.531. The van der Waals surface area contributed by atoms with Crippen LogP contribution in [-0.4, -0.2) is 19.8 Å². The number of benzene rings is 2. The molecule has 0 radical (unpaired) electrons.